The molecule has 1 heterocycles. The summed E-state index contributed by atoms with van der Waals surface area (Å²) >= 11 is 0. The maximum Gasteiger partial charge on any atom is 0.312 e. The molecule has 1 atom stereocenters. The Labute approximate surface area is 117 Å². The van der Waals surface area contributed by atoms with Gasteiger partial charge in [-0.3, -0.25) is 9.59 Å². The van der Waals surface area contributed by atoms with E-state index in [0.29, 0.717) is 17.0 Å². The fourth-order valence-corrected chi connectivity index (χ4v) is 2.38. The van der Waals surface area contributed by atoms with Crippen molar-refractivity contribution >= 4 is 11.8 Å². The summed E-state index contributed by atoms with van der Waals surface area (Å²) in [5.41, 5.74) is 2.57. The molecule has 0 aliphatic carbocycles. The van der Waals surface area contributed by atoms with Crippen LogP contribution in [0.15, 0.2) is 36.4 Å². The topological polar surface area (TPSA) is 59.3 Å². The number of carbonyl (C=O) groups is 2. The second kappa shape index (κ2) is 5.33. The summed E-state index contributed by atoms with van der Waals surface area (Å²) in [6.45, 7) is 3.45. The van der Waals surface area contributed by atoms with Crippen LogP contribution in [0.5, 0.6) is 0 Å². The zero-order valence-electron chi connectivity index (χ0n) is 11.8. The normalized spacial score (nSPS) is 12.2. The zero-order chi connectivity index (χ0) is 14.9. The number of aliphatic carboxylic acids is 1. The molecule has 20 heavy (non-hydrogen) atoms. The number of nitrogens with zero attached hydrogens (tertiary/aromatic N) is 1. The number of carboxylic acids is 1. The van der Waals surface area contributed by atoms with Crippen LogP contribution in [0.25, 0.3) is 0 Å². The largest absolute Gasteiger partial charge is 0.481 e. The predicted molar refractivity (Wildman–Crippen MR) is 76.1 cm³/mol. The third-order valence-corrected chi connectivity index (χ3v) is 3.53. The maximum atomic E-state index is 12.5. The summed E-state index contributed by atoms with van der Waals surface area (Å²) in [6.07, 6.45) is 0. The highest BCUT2D eigenvalue weighted by Gasteiger charge is 2.23. The molecule has 1 unspecified atom stereocenters. The number of benzene rings is 1. The Bertz CT molecular complexity index is 656. The quantitative estimate of drug-likeness (QED) is 0.870. The van der Waals surface area contributed by atoms with E-state index in [0.717, 1.165) is 5.56 Å². The highest BCUT2D eigenvalue weighted by Crippen LogP contribution is 2.24. The van der Waals surface area contributed by atoms with Crippen molar-refractivity contribution < 1.29 is 14.7 Å². The number of aryl methyl sites for hydroxylation is 1. The molecule has 0 aliphatic heterocycles. The predicted octanol–water partition coefficient (Wildman–Crippen LogP) is 2.75. The van der Waals surface area contributed by atoms with Gasteiger partial charge in [0.15, 0.2) is 0 Å². The van der Waals surface area contributed by atoms with Crippen molar-refractivity contribution in [1.82, 2.24) is 4.57 Å². The van der Waals surface area contributed by atoms with Crippen LogP contribution in [0.2, 0.25) is 0 Å². The highest BCUT2D eigenvalue weighted by molar-refractivity contribution is 6.09. The minimum absolute atomic E-state index is 0.0885. The number of aromatic nitrogens is 1. The Morgan fingerprint density at radius 1 is 1.20 bits per heavy atom. The fourth-order valence-electron chi connectivity index (χ4n) is 2.38. The third-order valence-electron chi connectivity index (χ3n) is 3.53. The average Bonchev–Trinajstić information content (AvgIpc) is 2.73. The standard InChI is InChI=1S/C16H17NO3/c1-10-9-13(11(2)16(19)20)17(3)14(10)15(18)12-7-5-4-6-8-12/h4-9,11H,1-3H3,(H,19,20). The van der Waals surface area contributed by atoms with Crippen molar-refractivity contribution in [2.75, 3.05) is 0 Å². The molecule has 0 spiro atoms. The Balaban J connectivity index is 2.49. The van der Waals surface area contributed by atoms with Gasteiger partial charge in [-0.15, -0.1) is 0 Å². The molecule has 0 saturated heterocycles. The van der Waals surface area contributed by atoms with Crippen molar-refractivity contribution in [1.29, 1.82) is 0 Å². The second-order valence-corrected chi connectivity index (χ2v) is 4.91. The van der Waals surface area contributed by atoms with Gasteiger partial charge in [0.25, 0.3) is 0 Å². The van der Waals surface area contributed by atoms with E-state index in [9.17, 15) is 9.59 Å². The average molecular weight is 271 g/mol. The molecule has 0 aliphatic rings. The first-order valence-electron chi connectivity index (χ1n) is 6.42. The van der Waals surface area contributed by atoms with Crippen LogP contribution in [0.1, 0.15) is 40.2 Å². The second-order valence-electron chi connectivity index (χ2n) is 4.91. The molecule has 1 N–H and O–H groups in total. The Hall–Kier alpha value is -2.36. The maximum absolute atomic E-state index is 12.5. The van der Waals surface area contributed by atoms with E-state index in [1.807, 2.05) is 25.1 Å². The molecule has 4 nitrogen and oxygen atoms in total. The van der Waals surface area contributed by atoms with Gasteiger partial charge in [-0.2, -0.15) is 0 Å². The third kappa shape index (κ3) is 2.37. The summed E-state index contributed by atoms with van der Waals surface area (Å²) in [5.74, 6) is -1.63. The minimum Gasteiger partial charge on any atom is -0.481 e. The van der Waals surface area contributed by atoms with Crippen LogP contribution < -0.4 is 0 Å². The Kier molecular flexibility index (Phi) is 3.74. The lowest BCUT2D eigenvalue weighted by Crippen LogP contribution is -2.15. The summed E-state index contributed by atoms with van der Waals surface area (Å²) < 4.78 is 1.68. The lowest BCUT2D eigenvalue weighted by atomic mass is 10.1. The molecule has 1 aromatic carbocycles. The van der Waals surface area contributed by atoms with Gasteiger partial charge in [-0.1, -0.05) is 30.3 Å². The fraction of sp³-hybridized carbons (Fsp3) is 0.250. The lowest BCUT2D eigenvalue weighted by molar-refractivity contribution is -0.138. The van der Waals surface area contributed by atoms with Crippen LogP contribution in [0, 0.1) is 6.92 Å². The summed E-state index contributed by atoms with van der Waals surface area (Å²) in [5, 5.41) is 9.12. The van der Waals surface area contributed by atoms with Crippen LogP contribution >= 0.6 is 0 Å². The van der Waals surface area contributed by atoms with E-state index in [2.05, 4.69) is 0 Å². The van der Waals surface area contributed by atoms with Crippen molar-refractivity contribution in [2.24, 2.45) is 7.05 Å². The van der Waals surface area contributed by atoms with E-state index >= 15 is 0 Å². The summed E-state index contributed by atoms with van der Waals surface area (Å²) in [4.78, 5) is 23.6. The van der Waals surface area contributed by atoms with Gasteiger partial charge in [0.2, 0.25) is 5.78 Å². The minimum atomic E-state index is -0.899. The van der Waals surface area contributed by atoms with E-state index in [4.69, 9.17) is 5.11 Å². The number of carboxylic acid groups (broad SMARTS) is 1. The molecule has 0 amide bonds. The molecule has 1 aromatic heterocycles. The first-order valence-corrected chi connectivity index (χ1v) is 6.42. The van der Waals surface area contributed by atoms with E-state index in [-0.39, 0.29) is 5.78 Å². The van der Waals surface area contributed by atoms with Gasteiger partial charge < -0.3 is 9.67 Å². The highest BCUT2D eigenvalue weighted by atomic mass is 16.4. The first-order chi connectivity index (χ1) is 9.43. The smallest absolute Gasteiger partial charge is 0.312 e. The Morgan fingerprint density at radius 2 is 1.80 bits per heavy atom. The molecular weight excluding hydrogens is 254 g/mol. The van der Waals surface area contributed by atoms with E-state index in [1.54, 1.807) is 36.7 Å². The van der Waals surface area contributed by atoms with Crippen LogP contribution in [-0.2, 0) is 11.8 Å². The molecule has 2 rings (SSSR count). The number of ketones is 1. The van der Waals surface area contributed by atoms with Crippen molar-refractivity contribution in [3.05, 3.63) is 58.9 Å². The van der Waals surface area contributed by atoms with E-state index in [1.165, 1.54) is 0 Å². The number of rotatable bonds is 4. The number of hydrogen-bond donors (Lipinski definition) is 1. The van der Waals surface area contributed by atoms with Gasteiger partial charge >= 0.3 is 5.97 Å². The van der Waals surface area contributed by atoms with Gasteiger partial charge in [0.1, 0.15) is 0 Å². The summed E-state index contributed by atoms with van der Waals surface area (Å²) in [7, 11) is 1.73. The SMILES string of the molecule is Cc1cc(C(C)C(=O)O)n(C)c1C(=O)c1ccccc1. The monoisotopic (exact) mass is 271 g/mol. The molecule has 0 radical (unpaired) electrons. The van der Waals surface area contributed by atoms with E-state index < -0.39 is 11.9 Å². The first kappa shape index (κ1) is 14.1. The van der Waals surface area contributed by atoms with Crippen molar-refractivity contribution in [3.63, 3.8) is 0 Å². The zero-order valence-corrected chi connectivity index (χ0v) is 11.8. The number of carbonyl (C=O) groups excluding carboxylic acids is 1. The molecule has 0 bridgehead atoms. The van der Waals surface area contributed by atoms with Crippen LogP contribution in [0.3, 0.4) is 0 Å². The van der Waals surface area contributed by atoms with Gasteiger partial charge in [0, 0.05) is 18.3 Å². The van der Waals surface area contributed by atoms with Gasteiger partial charge in [-0.05, 0) is 25.5 Å². The number of hydrogen-bond acceptors (Lipinski definition) is 2. The molecule has 2 aromatic rings. The van der Waals surface area contributed by atoms with Gasteiger partial charge in [0.05, 0.1) is 11.6 Å². The van der Waals surface area contributed by atoms with Crippen LogP contribution in [-0.4, -0.2) is 21.4 Å². The molecule has 4 heteroatoms. The molecular formula is C16H17NO3. The van der Waals surface area contributed by atoms with Crippen LogP contribution in [0.4, 0.5) is 0 Å². The van der Waals surface area contributed by atoms with Crippen molar-refractivity contribution in [3.8, 4) is 0 Å². The van der Waals surface area contributed by atoms with Crippen molar-refractivity contribution in [2.45, 2.75) is 19.8 Å². The molecule has 0 fully saturated rings. The Morgan fingerprint density at radius 3 is 2.35 bits per heavy atom. The van der Waals surface area contributed by atoms with Gasteiger partial charge in [-0.25, -0.2) is 0 Å². The molecule has 104 valence electrons. The molecule has 0 saturated carbocycles. The lowest BCUT2D eigenvalue weighted by Gasteiger charge is -2.10. The summed E-state index contributed by atoms with van der Waals surface area (Å²) in [6, 6.07) is 10.8.